The van der Waals surface area contributed by atoms with E-state index in [2.05, 4.69) is 9.71 Å². The number of amides is 1. The lowest BCUT2D eigenvalue weighted by atomic mass is 9.89. The molecule has 226 valence electrons. The van der Waals surface area contributed by atoms with Gasteiger partial charge in [-0.15, -0.1) is 0 Å². The van der Waals surface area contributed by atoms with Crippen LogP contribution in [0.4, 0.5) is 4.79 Å². The standard InChI is InChI=1S/C29H33Cl2N3O7S/c1-17-15-18(2)32-25-19(17)7-6-8-22(25)40-16-20-21(30)9-10-23(24(20)31)42(38,39)33-29(26(35)36)11-13-34(14-12-29)27(37)41-28(3,4)5/h6-10,15,33H,11-14,16H2,1-5H3,(H,35,36). The zero-order chi connectivity index (χ0) is 31.0. The van der Waals surface area contributed by atoms with Crippen LogP contribution in [-0.4, -0.2) is 59.7 Å². The number of para-hydroxylation sites is 1. The van der Waals surface area contributed by atoms with Crippen LogP contribution in [0.2, 0.25) is 10.0 Å². The molecule has 2 N–H and O–H groups in total. The van der Waals surface area contributed by atoms with Gasteiger partial charge in [0.05, 0.1) is 5.02 Å². The number of carbonyl (C=O) groups excluding carboxylic acids is 1. The first-order chi connectivity index (χ1) is 19.5. The van der Waals surface area contributed by atoms with Crippen molar-refractivity contribution in [3.8, 4) is 5.75 Å². The highest BCUT2D eigenvalue weighted by atomic mass is 35.5. The Bertz CT molecular complexity index is 1650. The molecule has 1 aromatic heterocycles. The maximum atomic E-state index is 13.6. The first-order valence-electron chi connectivity index (χ1n) is 13.2. The van der Waals surface area contributed by atoms with Crippen LogP contribution >= 0.6 is 23.2 Å². The summed E-state index contributed by atoms with van der Waals surface area (Å²) in [4.78, 5) is 30.4. The summed E-state index contributed by atoms with van der Waals surface area (Å²) in [6.45, 7) is 8.82. The smallest absolute Gasteiger partial charge is 0.410 e. The van der Waals surface area contributed by atoms with Gasteiger partial charge < -0.3 is 19.5 Å². The third-order valence-electron chi connectivity index (χ3n) is 6.96. The maximum absolute atomic E-state index is 13.6. The number of nitrogens with one attached hydrogen (secondary N) is 1. The van der Waals surface area contributed by atoms with Gasteiger partial charge in [-0.3, -0.25) is 4.79 Å². The molecule has 42 heavy (non-hydrogen) atoms. The Hall–Kier alpha value is -3.12. The minimum atomic E-state index is -4.45. The van der Waals surface area contributed by atoms with Gasteiger partial charge >= 0.3 is 12.1 Å². The number of ether oxygens (including phenoxy) is 2. The van der Waals surface area contributed by atoms with E-state index in [0.29, 0.717) is 11.3 Å². The number of halogens is 2. The van der Waals surface area contributed by atoms with Crippen LogP contribution in [0.5, 0.6) is 5.75 Å². The monoisotopic (exact) mass is 637 g/mol. The van der Waals surface area contributed by atoms with Crippen LogP contribution in [-0.2, 0) is 26.2 Å². The molecule has 4 rings (SSSR count). The fraction of sp³-hybridized carbons (Fsp3) is 0.414. The number of pyridine rings is 1. The largest absolute Gasteiger partial charge is 0.487 e. The molecule has 1 fully saturated rings. The van der Waals surface area contributed by atoms with Crippen LogP contribution in [0.1, 0.15) is 50.4 Å². The lowest BCUT2D eigenvalue weighted by Gasteiger charge is -2.39. The van der Waals surface area contributed by atoms with Crippen LogP contribution in [0.25, 0.3) is 10.9 Å². The number of aryl methyl sites for hydroxylation is 2. The Morgan fingerprint density at radius 2 is 1.79 bits per heavy atom. The van der Waals surface area contributed by atoms with E-state index >= 15 is 0 Å². The van der Waals surface area contributed by atoms with Crippen molar-refractivity contribution in [2.45, 2.75) is 70.1 Å². The number of carboxylic acid groups (broad SMARTS) is 1. The molecule has 2 heterocycles. The van der Waals surface area contributed by atoms with Gasteiger partial charge in [-0.25, -0.2) is 18.2 Å². The Morgan fingerprint density at radius 3 is 2.40 bits per heavy atom. The molecule has 0 spiro atoms. The normalized spacial score (nSPS) is 15.5. The van der Waals surface area contributed by atoms with E-state index in [9.17, 15) is 23.1 Å². The van der Waals surface area contributed by atoms with Gasteiger partial charge in [0.25, 0.3) is 0 Å². The number of sulfonamides is 1. The average molecular weight is 639 g/mol. The summed E-state index contributed by atoms with van der Waals surface area (Å²) in [6.07, 6.45) is -0.939. The lowest BCUT2D eigenvalue weighted by molar-refractivity contribution is -0.146. The second-order valence-electron chi connectivity index (χ2n) is 11.3. The zero-order valence-electron chi connectivity index (χ0n) is 24.0. The molecule has 1 amide bonds. The summed E-state index contributed by atoms with van der Waals surface area (Å²) in [5.41, 5.74) is 0.120. The number of carboxylic acids is 1. The van der Waals surface area contributed by atoms with E-state index in [1.165, 1.54) is 17.0 Å². The number of benzene rings is 2. The fourth-order valence-corrected chi connectivity index (χ4v) is 7.11. The number of nitrogens with zero attached hydrogens (tertiary/aromatic N) is 2. The van der Waals surface area contributed by atoms with Crippen molar-refractivity contribution in [1.82, 2.24) is 14.6 Å². The molecule has 10 nitrogen and oxygen atoms in total. The van der Waals surface area contributed by atoms with Crippen LogP contribution in [0, 0.1) is 13.8 Å². The van der Waals surface area contributed by atoms with E-state index < -0.39 is 33.2 Å². The summed E-state index contributed by atoms with van der Waals surface area (Å²) < 4.78 is 40.9. The summed E-state index contributed by atoms with van der Waals surface area (Å²) in [6, 6.07) is 10.1. The Morgan fingerprint density at radius 1 is 1.12 bits per heavy atom. The quantitative estimate of drug-likeness (QED) is 0.328. The number of fused-ring (bicyclic) bond motifs is 1. The van der Waals surface area contributed by atoms with Crippen LogP contribution in [0.15, 0.2) is 41.3 Å². The molecule has 0 radical (unpaired) electrons. The SMILES string of the molecule is Cc1cc(C)c2cccc(OCc3c(Cl)ccc(S(=O)(=O)NC4(C(=O)O)CCN(C(=O)OC(C)(C)C)CC4)c3Cl)c2n1. The molecule has 1 aliphatic heterocycles. The van der Waals surface area contributed by atoms with Gasteiger partial charge in [-0.05, 0) is 77.3 Å². The lowest BCUT2D eigenvalue weighted by Crippen LogP contribution is -2.60. The number of piperidine rings is 1. The fourth-order valence-electron chi connectivity index (χ4n) is 4.81. The first-order valence-corrected chi connectivity index (χ1v) is 15.5. The average Bonchev–Trinajstić information content (AvgIpc) is 2.87. The van der Waals surface area contributed by atoms with E-state index in [0.717, 1.165) is 16.6 Å². The molecule has 0 atom stereocenters. The van der Waals surface area contributed by atoms with Crippen molar-refractivity contribution in [1.29, 1.82) is 0 Å². The second-order valence-corrected chi connectivity index (χ2v) is 13.8. The summed E-state index contributed by atoms with van der Waals surface area (Å²) in [5.74, 6) is -0.892. The predicted molar refractivity (Wildman–Crippen MR) is 160 cm³/mol. The minimum absolute atomic E-state index is 0.0187. The van der Waals surface area contributed by atoms with Crippen molar-refractivity contribution < 1.29 is 32.6 Å². The zero-order valence-corrected chi connectivity index (χ0v) is 26.3. The third-order valence-corrected chi connectivity index (χ3v) is 9.43. The van der Waals surface area contributed by atoms with Gasteiger partial charge in [0.15, 0.2) is 0 Å². The molecule has 13 heteroatoms. The van der Waals surface area contributed by atoms with Gasteiger partial charge in [0.2, 0.25) is 10.0 Å². The van der Waals surface area contributed by atoms with Gasteiger partial charge in [-0.1, -0.05) is 35.3 Å². The van der Waals surface area contributed by atoms with E-state index in [1.54, 1.807) is 26.8 Å². The molecule has 0 saturated carbocycles. The number of rotatable bonds is 7. The molecule has 0 unspecified atom stereocenters. The van der Waals surface area contributed by atoms with Gasteiger partial charge in [-0.2, -0.15) is 4.72 Å². The molecule has 0 aliphatic carbocycles. The van der Waals surface area contributed by atoms with Crippen molar-refractivity contribution in [3.63, 3.8) is 0 Å². The van der Waals surface area contributed by atoms with E-state index in [-0.39, 0.29) is 53.0 Å². The molecule has 1 saturated heterocycles. The number of aliphatic carboxylic acids is 1. The highest BCUT2D eigenvalue weighted by Gasteiger charge is 2.46. The maximum Gasteiger partial charge on any atom is 0.410 e. The molecule has 0 bridgehead atoms. The summed E-state index contributed by atoms with van der Waals surface area (Å²) in [7, 11) is -4.45. The minimum Gasteiger partial charge on any atom is -0.487 e. The Kier molecular flexibility index (Phi) is 8.99. The van der Waals surface area contributed by atoms with Crippen LogP contribution in [0.3, 0.4) is 0 Å². The first kappa shape index (κ1) is 31.8. The summed E-state index contributed by atoms with van der Waals surface area (Å²) >= 11 is 13.0. The third kappa shape index (κ3) is 6.75. The predicted octanol–water partition coefficient (Wildman–Crippen LogP) is 5.87. The highest BCUT2D eigenvalue weighted by molar-refractivity contribution is 7.89. The molecule has 3 aromatic rings. The van der Waals surface area contributed by atoms with Crippen molar-refractivity contribution in [2.24, 2.45) is 0 Å². The number of hydrogen-bond donors (Lipinski definition) is 2. The van der Waals surface area contributed by atoms with Crippen molar-refractivity contribution in [2.75, 3.05) is 13.1 Å². The Balaban J connectivity index is 1.57. The number of carbonyl (C=O) groups is 2. The van der Waals surface area contributed by atoms with E-state index in [1.807, 2.05) is 32.0 Å². The number of hydrogen-bond acceptors (Lipinski definition) is 7. The topological polar surface area (TPSA) is 135 Å². The Labute approximate surface area is 255 Å². The van der Waals surface area contributed by atoms with Gasteiger partial charge in [0, 0.05) is 34.8 Å². The van der Waals surface area contributed by atoms with E-state index in [4.69, 9.17) is 32.7 Å². The van der Waals surface area contributed by atoms with Crippen molar-refractivity contribution >= 4 is 56.2 Å². The summed E-state index contributed by atoms with van der Waals surface area (Å²) in [5, 5.41) is 11.0. The molecular weight excluding hydrogens is 605 g/mol. The number of aromatic nitrogens is 1. The number of likely N-dealkylation sites (tertiary alicyclic amines) is 1. The highest BCUT2D eigenvalue weighted by Crippen LogP contribution is 2.35. The van der Waals surface area contributed by atoms with Crippen LogP contribution < -0.4 is 9.46 Å². The van der Waals surface area contributed by atoms with Crippen molar-refractivity contribution in [3.05, 3.63) is 63.3 Å². The molecular formula is C29H33Cl2N3O7S. The molecule has 2 aromatic carbocycles. The molecule has 1 aliphatic rings. The van der Waals surface area contributed by atoms with Gasteiger partial charge in [0.1, 0.15) is 33.9 Å². The second kappa shape index (κ2) is 11.9.